The molecule has 0 radical (unpaired) electrons. The van der Waals surface area contributed by atoms with E-state index >= 15 is 0 Å². The predicted octanol–water partition coefficient (Wildman–Crippen LogP) is 1.79. The second-order valence-corrected chi connectivity index (χ2v) is 2.64. The van der Waals surface area contributed by atoms with Gasteiger partial charge < -0.3 is 5.32 Å². The van der Waals surface area contributed by atoms with Crippen LogP contribution in [0.4, 0.5) is 0 Å². The molecular formula is C11H17N. The van der Waals surface area contributed by atoms with Crippen LogP contribution in [0.5, 0.6) is 0 Å². The number of hydrogen-bond acceptors (Lipinski definition) is 1. The molecule has 0 aliphatic heterocycles. The van der Waals surface area contributed by atoms with Gasteiger partial charge >= 0.3 is 0 Å². The number of nitrogens with one attached hydrogen (secondary N) is 1. The van der Waals surface area contributed by atoms with E-state index in [2.05, 4.69) is 30.0 Å². The van der Waals surface area contributed by atoms with Gasteiger partial charge in [-0.25, -0.2) is 0 Å². The molecule has 0 saturated carbocycles. The van der Waals surface area contributed by atoms with E-state index in [9.17, 15) is 0 Å². The summed E-state index contributed by atoms with van der Waals surface area (Å²) in [6.07, 6.45) is 8.03. The smallest absolute Gasteiger partial charge is 0.0240 e. The average molecular weight is 163 g/mol. The molecule has 0 aromatic rings. The highest BCUT2D eigenvalue weighted by atomic mass is 14.9. The third-order valence-electron chi connectivity index (χ3n) is 1.72. The monoisotopic (exact) mass is 163 g/mol. The number of terminal acetylenes is 1. The Morgan fingerprint density at radius 1 is 1.50 bits per heavy atom. The largest absolute Gasteiger partial charge is 0.312 e. The quantitative estimate of drug-likeness (QED) is 0.481. The molecule has 0 aliphatic carbocycles. The summed E-state index contributed by atoms with van der Waals surface area (Å²) in [5, 5.41) is 3.36. The first-order chi connectivity index (χ1) is 5.85. The zero-order valence-corrected chi connectivity index (χ0v) is 7.98. The van der Waals surface area contributed by atoms with Crippen molar-refractivity contribution in [2.24, 2.45) is 0 Å². The lowest BCUT2D eigenvalue weighted by Crippen LogP contribution is -2.28. The lowest BCUT2D eigenvalue weighted by molar-refractivity contribution is 0.515. The van der Waals surface area contributed by atoms with Crippen LogP contribution in [-0.2, 0) is 0 Å². The maximum Gasteiger partial charge on any atom is 0.0240 e. The summed E-state index contributed by atoms with van der Waals surface area (Å²) in [5.74, 6) is 8.53. The van der Waals surface area contributed by atoms with Crippen LogP contribution in [0.25, 0.3) is 0 Å². The summed E-state index contributed by atoms with van der Waals surface area (Å²) in [4.78, 5) is 0. The topological polar surface area (TPSA) is 12.0 Å². The van der Waals surface area contributed by atoms with Gasteiger partial charge in [-0.05, 0) is 13.3 Å². The van der Waals surface area contributed by atoms with Crippen LogP contribution in [0.1, 0.15) is 33.1 Å². The summed E-state index contributed by atoms with van der Waals surface area (Å²) in [6.45, 7) is 4.94. The Morgan fingerprint density at radius 3 is 2.75 bits per heavy atom. The van der Waals surface area contributed by atoms with Crippen LogP contribution >= 0.6 is 0 Å². The van der Waals surface area contributed by atoms with Crippen molar-refractivity contribution < 1.29 is 0 Å². The minimum Gasteiger partial charge on any atom is -0.312 e. The van der Waals surface area contributed by atoms with Gasteiger partial charge in [-0.15, -0.1) is 24.2 Å². The van der Waals surface area contributed by atoms with Crippen molar-refractivity contribution in [1.29, 1.82) is 0 Å². The molecule has 1 nitrogen and oxygen atoms in total. The third kappa shape index (κ3) is 5.83. The van der Waals surface area contributed by atoms with E-state index in [0.717, 1.165) is 25.8 Å². The molecule has 12 heavy (non-hydrogen) atoms. The van der Waals surface area contributed by atoms with Gasteiger partial charge in [0.05, 0.1) is 0 Å². The van der Waals surface area contributed by atoms with Gasteiger partial charge in [0.15, 0.2) is 0 Å². The molecule has 0 spiro atoms. The fourth-order valence-corrected chi connectivity index (χ4v) is 0.967. The standard InChI is InChI=1S/C11H17N/c1-4-7-8-10-12-11(6-3)9-5-2/h2,11-12H,6,8-10H2,1,3H3. The van der Waals surface area contributed by atoms with Crippen LogP contribution in [0, 0.1) is 24.2 Å². The normalized spacial score (nSPS) is 11.1. The van der Waals surface area contributed by atoms with E-state index in [1.807, 2.05) is 6.92 Å². The van der Waals surface area contributed by atoms with E-state index in [1.165, 1.54) is 0 Å². The number of hydrogen-bond donors (Lipinski definition) is 1. The van der Waals surface area contributed by atoms with E-state index in [4.69, 9.17) is 6.42 Å². The Labute approximate surface area is 75.9 Å². The highest BCUT2D eigenvalue weighted by Gasteiger charge is 2.00. The molecule has 0 aliphatic rings. The van der Waals surface area contributed by atoms with Crippen molar-refractivity contribution in [2.45, 2.75) is 39.2 Å². The minimum atomic E-state index is 0.466. The van der Waals surface area contributed by atoms with Gasteiger partial charge in [0.1, 0.15) is 0 Å². The van der Waals surface area contributed by atoms with Crippen LogP contribution < -0.4 is 5.32 Å². The lowest BCUT2D eigenvalue weighted by atomic mass is 10.1. The van der Waals surface area contributed by atoms with Gasteiger partial charge in [-0.2, -0.15) is 0 Å². The molecule has 0 heterocycles. The van der Waals surface area contributed by atoms with Crippen molar-refractivity contribution in [3.63, 3.8) is 0 Å². The summed E-state index contributed by atoms with van der Waals surface area (Å²) in [6, 6.07) is 0.466. The fraction of sp³-hybridized carbons (Fsp3) is 0.636. The van der Waals surface area contributed by atoms with Crippen molar-refractivity contribution in [2.75, 3.05) is 6.54 Å². The minimum absolute atomic E-state index is 0.466. The second-order valence-electron chi connectivity index (χ2n) is 2.64. The third-order valence-corrected chi connectivity index (χ3v) is 1.72. The zero-order chi connectivity index (χ0) is 9.23. The molecule has 0 aromatic heterocycles. The molecule has 0 rings (SSSR count). The van der Waals surface area contributed by atoms with Crippen LogP contribution in [-0.4, -0.2) is 12.6 Å². The molecule has 0 saturated heterocycles. The SMILES string of the molecule is C#CCC(CC)NCCC#CC. The van der Waals surface area contributed by atoms with Gasteiger partial charge in [0.2, 0.25) is 0 Å². The number of rotatable bonds is 5. The molecular weight excluding hydrogens is 146 g/mol. The summed E-state index contributed by atoms with van der Waals surface area (Å²) < 4.78 is 0. The van der Waals surface area contributed by atoms with Gasteiger partial charge in [-0.3, -0.25) is 0 Å². The zero-order valence-electron chi connectivity index (χ0n) is 7.98. The van der Waals surface area contributed by atoms with E-state index in [1.54, 1.807) is 0 Å². The molecule has 1 atom stereocenters. The molecule has 0 bridgehead atoms. The first kappa shape index (κ1) is 11.1. The van der Waals surface area contributed by atoms with Crippen LogP contribution in [0.15, 0.2) is 0 Å². The highest BCUT2D eigenvalue weighted by Crippen LogP contribution is 1.95. The van der Waals surface area contributed by atoms with E-state index < -0.39 is 0 Å². The Kier molecular flexibility index (Phi) is 7.55. The summed E-state index contributed by atoms with van der Waals surface area (Å²) in [5.41, 5.74) is 0. The molecule has 1 N–H and O–H groups in total. The van der Waals surface area contributed by atoms with Gasteiger partial charge in [0.25, 0.3) is 0 Å². The van der Waals surface area contributed by atoms with Crippen molar-refractivity contribution in [3.8, 4) is 24.2 Å². The van der Waals surface area contributed by atoms with Crippen molar-refractivity contribution in [1.82, 2.24) is 5.32 Å². The fourth-order valence-electron chi connectivity index (χ4n) is 0.967. The highest BCUT2D eigenvalue weighted by molar-refractivity contribution is 4.96. The molecule has 0 fully saturated rings. The first-order valence-electron chi connectivity index (χ1n) is 4.41. The molecule has 0 aromatic carbocycles. The van der Waals surface area contributed by atoms with E-state index in [0.29, 0.717) is 6.04 Å². The Hall–Kier alpha value is -0.920. The Bertz CT molecular complexity index is 189. The lowest BCUT2D eigenvalue weighted by Gasteiger charge is -2.12. The second kappa shape index (κ2) is 8.18. The Balaban J connectivity index is 3.43. The van der Waals surface area contributed by atoms with Gasteiger partial charge in [0, 0.05) is 25.4 Å². The van der Waals surface area contributed by atoms with Crippen LogP contribution in [0.2, 0.25) is 0 Å². The van der Waals surface area contributed by atoms with Gasteiger partial charge in [-0.1, -0.05) is 6.92 Å². The molecule has 0 amide bonds. The predicted molar refractivity (Wildman–Crippen MR) is 53.6 cm³/mol. The van der Waals surface area contributed by atoms with Crippen molar-refractivity contribution >= 4 is 0 Å². The maximum absolute atomic E-state index is 5.22. The maximum atomic E-state index is 5.22. The molecule has 1 unspecified atom stereocenters. The van der Waals surface area contributed by atoms with E-state index in [-0.39, 0.29) is 0 Å². The first-order valence-corrected chi connectivity index (χ1v) is 4.41. The summed E-state index contributed by atoms with van der Waals surface area (Å²) >= 11 is 0. The molecule has 1 heteroatoms. The van der Waals surface area contributed by atoms with Crippen molar-refractivity contribution in [3.05, 3.63) is 0 Å². The Morgan fingerprint density at radius 2 is 2.25 bits per heavy atom. The average Bonchev–Trinajstić information content (AvgIpc) is 2.10. The molecule has 66 valence electrons. The van der Waals surface area contributed by atoms with Crippen LogP contribution in [0.3, 0.4) is 0 Å². The summed E-state index contributed by atoms with van der Waals surface area (Å²) in [7, 11) is 0.